The fourth-order valence-electron chi connectivity index (χ4n) is 3.78. The number of nitrogens with one attached hydrogen (secondary N) is 1. The Kier molecular flexibility index (Phi) is 5.21. The van der Waals surface area contributed by atoms with Gasteiger partial charge in [0, 0.05) is 38.3 Å². The molecular weight excluding hydrogens is 279 g/mol. The third-order valence-electron chi connectivity index (χ3n) is 5.01. The third kappa shape index (κ3) is 4.83. The van der Waals surface area contributed by atoms with Crippen molar-refractivity contribution in [2.75, 3.05) is 39.8 Å². The summed E-state index contributed by atoms with van der Waals surface area (Å²) in [4.78, 5) is 3.92. The van der Waals surface area contributed by atoms with E-state index < -0.39 is 12.7 Å². The molecule has 0 radical (unpaired) electrons. The monoisotopic (exact) mass is 307 g/mol. The van der Waals surface area contributed by atoms with Crippen LogP contribution in [-0.4, -0.2) is 67.8 Å². The minimum Gasteiger partial charge on any atom is -0.315 e. The lowest BCUT2D eigenvalue weighted by Crippen LogP contribution is -2.59. The number of nitrogens with zero attached hydrogens (tertiary/aromatic N) is 2. The number of piperazine rings is 1. The van der Waals surface area contributed by atoms with Crippen molar-refractivity contribution in [1.29, 1.82) is 0 Å². The maximum atomic E-state index is 12.4. The van der Waals surface area contributed by atoms with Gasteiger partial charge in [-0.1, -0.05) is 13.8 Å². The second-order valence-electron chi connectivity index (χ2n) is 7.30. The molecule has 1 saturated carbocycles. The van der Waals surface area contributed by atoms with Crippen LogP contribution < -0.4 is 5.32 Å². The number of alkyl halides is 3. The molecule has 0 spiro atoms. The predicted octanol–water partition coefficient (Wildman–Crippen LogP) is 2.33. The second-order valence-corrected chi connectivity index (χ2v) is 7.30. The molecular formula is C15H28F3N3. The van der Waals surface area contributed by atoms with Gasteiger partial charge in [0.05, 0.1) is 6.54 Å². The van der Waals surface area contributed by atoms with Crippen LogP contribution in [0.15, 0.2) is 0 Å². The number of hydrogen-bond acceptors (Lipinski definition) is 3. The highest BCUT2D eigenvalue weighted by Crippen LogP contribution is 2.37. The van der Waals surface area contributed by atoms with E-state index in [1.54, 1.807) is 0 Å². The Bertz CT molecular complexity index is 336. The summed E-state index contributed by atoms with van der Waals surface area (Å²) >= 11 is 0. The summed E-state index contributed by atoms with van der Waals surface area (Å²) in [5.41, 5.74) is 0.334. The van der Waals surface area contributed by atoms with Crippen molar-refractivity contribution >= 4 is 0 Å². The van der Waals surface area contributed by atoms with Gasteiger partial charge in [-0.05, 0) is 31.7 Å². The van der Waals surface area contributed by atoms with E-state index in [4.69, 9.17) is 0 Å². The van der Waals surface area contributed by atoms with Crippen LogP contribution in [0.1, 0.15) is 33.1 Å². The Hall–Kier alpha value is -0.330. The Morgan fingerprint density at radius 2 is 1.76 bits per heavy atom. The van der Waals surface area contributed by atoms with Gasteiger partial charge in [-0.2, -0.15) is 13.2 Å². The fourth-order valence-corrected chi connectivity index (χ4v) is 3.78. The van der Waals surface area contributed by atoms with E-state index in [0.29, 0.717) is 30.6 Å². The normalized spacial score (nSPS) is 32.3. The Morgan fingerprint density at radius 3 is 2.29 bits per heavy atom. The van der Waals surface area contributed by atoms with Crippen molar-refractivity contribution < 1.29 is 13.2 Å². The van der Waals surface area contributed by atoms with Gasteiger partial charge in [-0.25, -0.2) is 0 Å². The van der Waals surface area contributed by atoms with Crippen molar-refractivity contribution in [2.45, 2.75) is 51.4 Å². The van der Waals surface area contributed by atoms with E-state index in [2.05, 4.69) is 24.1 Å². The van der Waals surface area contributed by atoms with Crippen LogP contribution >= 0.6 is 0 Å². The quantitative estimate of drug-likeness (QED) is 0.863. The van der Waals surface area contributed by atoms with Gasteiger partial charge in [0.1, 0.15) is 0 Å². The smallest absolute Gasteiger partial charge is 0.315 e. The molecule has 3 nitrogen and oxygen atoms in total. The summed E-state index contributed by atoms with van der Waals surface area (Å²) in [6.45, 7) is 6.35. The molecule has 0 amide bonds. The number of halogens is 3. The molecule has 21 heavy (non-hydrogen) atoms. The van der Waals surface area contributed by atoms with Crippen molar-refractivity contribution in [3.05, 3.63) is 0 Å². The topological polar surface area (TPSA) is 18.5 Å². The molecule has 2 unspecified atom stereocenters. The Balaban J connectivity index is 1.90. The van der Waals surface area contributed by atoms with E-state index >= 15 is 0 Å². The second kappa shape index (κ2) is 6.42. The molecule has 6 heteroatoms. The molecule has 1 aliphatic carbocycles. The highest BCUT2D eigenvalue weighted by molar-refractivity contribution is 4.95. The lowest BCUT2D eigenvalue weighted by atomic mass is 9.72. The zero-order valence-electron chi connectivity index (χ0n) is 13.3. The van der Waals surface area contributed by atoms with E-state index in [1.165, 1.54) is 11.3 Å². The minimum atomic E-state index is -4.08. The Labute approximate surface area is 125 Å². The van der Waals surface area contributed by atoms with Crippen molar-refractivity contribution in [3.63, 3.8) is 0 Å². The average molecular weight is 307 g/mol. The SMILES string of the molecule is CNC1CCC(C)(C)CC1N1CCN(CC(F)(F)F)CC1. The van der Waals surface area contributed by atoms with Crippen LogP contribution in [0.2, 0.25) is 0 Å². The van der Waals surface area contributed by atoms with E-state index in [-0.39, 0.29) is 0 Å². The lowest BCUT2D eigenvalue weighted by molar-refractivity contribution is -0.150. The Morgan fingerprint density at radius 1 is 1.14 bits per heavy atom. The van der Waals surface area contributed by atoms with Crippen LogP contribution in [0, 0.1) is 5.41 Å². The van der Waals surface area contributed by atoms with Gasteiger partial charge in [0.15, 0.2) is 0 Å². The average Bonchev–Trinajstić information content (AvgIpc) is 2.37. The zero-order chi connectivity index (χ0) is 15.7. The van der Waals surface area contributed by atoms with Gasteiger partial charge in [-0.3, -0.25) is 9.80 Å². The highest BCUT2D eigenvalue weighted by Gasteiger charge is 2.39. The number of likely N-dealkylation sites (N-methyl/N-ethyl adjacent to an activating group) is 1. The van der Waals surface area contributed by atoms with Gasteiger partial charge in [0.25, 0.3) is 0 Å². The predicted molar refractivity (Wildman–Crippen MR) is 78.3 cm³/mol. The molecule has 2 rings (SSSR count). The number of hydrogen-bond donors (Lipinski definition) is 1. The van der Waals surface area contributed by atoms with Crippen LogP contribution in [0.4, 0.5) is 13.2 Å². The molecule has 1 saturated heterocycles. The van der Waals surface area contributed by atoms with Crippen molar-refractivity contribution in [2.24, 2.45) is 5.41 Å². The first-order valence-corrected chi connectivity index (χ1v) is 7.91. The molecule has 2 fully saturated rings. The maximum absolute atomic E-state index is 12.4. The van der Waals surface area contributed by atoms with Gasteiger partial charge < -0.3 is 5.32 Å². The molecule has 2 atom stereocenters. The van der Waals surface area contributed by atoms with Crippen molar-refractivity contribution in [1.82, 2.24) is 15.1 Å². The van der Waals surface area contributed by atoms with Crippen molar-refractivity contribution in [3.8, 4) is 0 Å². The molecule has 1 heterocycles. The molecule has 0 aromatic heterocycles. The third-order valence-corrected chi connectivity index (χ3v) is 5.01. The summed E-state index contributed by atoms with van der Waals surface area (Å²) in [6, 6.07) is 0.916. The fraction of sp³-hybridized carbons (Fsp3) is 1.00. The summed E-state index contributed by atoms with van der Waals surface area (Å²) < 4.78 is 37.3. The van der Waals surface area contributed by atoms with Crippen LogP contribution in [0.3, 0.4) is 0 Å². The molecule has 124 valence electrons. The molecule has 0 aromatic carbocycles. The van der Waals surface area contributed by atoms with Crippen LogP contribution in [-0.2, 0) is 0 Å². The molecule has 2 aliphatic rings. The van der Waals surface area contributed by atoms with Gasteiger partial charge in [-0.15, -0.1) is 0 Å². The molecule has 0 aromatic rings. The molecule has 1 N–H and O–H groups in total. The zero-order valence-corrected chi connectivity index (χ0v) is 13.3. The molecule has 0 bridgehead atoms. The largest absolute Gasteiger partial charge is 0.401 e. The summed E-state index contributed by atoms with van der Waals surface area (Å²) in [5.74, 6) is 0. The first-order chi connectivity index (χ1) is 9.70. The first kappa shape index (κ1) is 17.0. The molecule has 1 aliphatic heterocycles. The summed E-state index contributed by atoms with van der Waals surface area (Å²) in [7, 11) is 2.00. The first-order valence-electron chi connectivity index (χ1n) is 7.91. The minimum absolute atomic E-state index is 0.334. The van der Waals surface area contributed by atoms with E-state index in [1.807, 2.05) is 7.05 Å². The number of rotatable bonds is 3. The van der Waals surface area contributed by atoms with Gasteiger partial charge >= 0.3 is 6.18 Å². The summed E-state index contributed by atoms with van der Waals surface area (Å²) in [5, 5.41) is 3.40. The van der Waals surface area contributed by atoms with Gasteiger partial charge in [0.2, 0.25) is 0 Å². The highest BCUT2D eigenvalue weighted by atomic mass is 19.4. The van der Waals surface area contributed by atoms with Crippen LogP contribution in [0.25, 0.3) is 0 Å². The lowest BCUT2D eigenvalue weighted by Gasteiger charge is -2.48. The standard InChI is InChI=1S/C15H28F3N3/c1-14(2)5-4-12(19-3)13(10-14)21-8-6-20(7-9-21)11-15(16,17)18/h12-13,19H,4-11H2,1-3H3. The maximum Gasteiger partial charge on any atom is 0.401 e. The summed E-state index contributed by atoms with van der Waals surface area (Å²) in [6.07, 6.45) is -0.597. The van der Waals surface area contributed by atoms with E-state index in [0.717, 1.165) is 25.9 Å². The van der Waals surface area contributed by atoms with Crippen LogP contribution in [0.5, 0.6) is 0 Å². The van der Waals surface area contributed by atoms with E-state index in [9.17, 15) is 13.2 Å².